The summed E-state index contributed by atoms with van der Waals surface area (Å²) in [5, 5.41) is 0. The van der Waals surface area contributed by atoms with Gasteiger partial charge in [0.1, 0.15) is 0 Å². The monoisotopic (exact) mass is 245 g/mol. The Kier molecular flexibility index (Phi) is 3.04. The van der Waals surface area contributed by atoms with Crippen LogP contribution in [-0.2, 0) is 6.42 Å². The lowest BCUT2D eigenvalue weighted by atomic mass is 9.97. The van der Waals surface area contributed by atoms with Crippen LogP contribution in [0.5, 0.6) is 0 Å². The molecule has 18 heavy (non-hydrogen) atoms. The van der Waals surface area contributed by atoms with Crippen LogP contribution in [0, 0.1) is 5.92 Å². The van der Waals surface area contributed by atoms with Gasteiger partial charge in [-0.2, -0.15) is 0 Å². The molecule has 2 unspecified atom stereocenters. The summed E-state index contributed by atoms with van der Waals surface area (Å²) in [7, 11) is 4.40. The number of anilines is 1. The van der Waals surface area contributed by atoms with Crippen LogP contribution < -0.4 is 10.6 Å². The Morgan fingerprint density at radius 2 is 2.17 bits per heavy atom. The van der Waals surface area contributed by atoms with Gasteiger partial charge in [-0.05, 0) is 49.5 Å². The fraction of sp³-hybridized carbons (Fsp3) is 0.600. The summed E-state index contributed by atoms with van der Waals surface area (Å²) in [6.07, 6.45) is 2.40. The van der Waals surface area contributed by atoms with E-state index in [1.54, 1.807) is 0 Å². The van der Waals surface area contributed by atoms with Gasteiger partial charge in [0.15, 0.2) is 0 Å². The van der Waals surface area contributed by atoms with Crippen molar-refractivity contribution in [1.82, 2.24) is 4.90 Å². The van der Waals surface area contributed by atoms with Crippen LogP contribution in [0.25, 0.3) is 0 Å². The molecule has 0 aliphatic carbocycles. The Balaban J connectivity index is 1.85. The van der Waals surface area contributed by atoms with Gasteiger partial charge >= 0.3 is 0 Å². The van der Waals surface area contributed by atoms with Crippen molar-refractivity contribution in [2.45, 2.75) is 18.9 Å². The summed E-state index contributed by atoms with van der Waals surface area (Å²) in [6, 6.07) is 7.58. The lowest BCUT2D eigenvalue weighted by Crippen LogP contribution is -2.20. The Bertz CT molecular complexity index is 443. The molecule has 0 amide bonds. The van der Waals surface area contributed by atoms with Crippen LogP contribution in [0.15, 0.2) is 18.2 Å². The summed E-state index contributed by atoms with van der Waals surface area (Å²) < 4.78 is 0. The van der Waals surface area contributed by atoms with Gasteiger partial charge in [0.05, 0.1) is 0 Å². The molecular formula is C15H23N3. The van der Waals surface area contributed by atoms with Gasteiger partial charge in [0, 0.05) is 31.9 Å². The zero-order valence-corrected chi connectivity index (χ0v) is 11.4. The topological polar surface area (TPSA) is 32.5 Å². The number of nitrogens with zero attached hydrogens (tertiary/aromatic N) is 2. The number of benzene rings is 1. The first-order valence-corrected chi connectivity index (χ1v) is 6.93. The number of rotatable bonds is 2. The summed E-state index contributed by atoms with van der Waals surface area (Å²) in [5.41, 5.74) is 10.2. The highest BCUT2D eigenvalue weighted by Gasteiger charge is 2.30. The van der Waals surface area contributed by atoms with E-state index in [1.165, 1.54) is 29.7 Å². The first-order valence-electron chi connectivity index (χ1n) is 6.93. The molecule has 1 fully saturated rings. The second-order valence-corrected chi connectivity index (χ2v) is 5.85. The van der Waals surface area contributed by atoms with E-state index in [1.807, 2.05) is 0 Å². The fourth-order valence-corrected chi connectivity index (χ4v) is 3.46. The van der Waals surface area contributed by atoms with Gasteiger partial charge in [-0.25, -0.2) is 0 Å². The summed E-state index contributed by atoms with van der Waals surface area (Å²) >= 11 is 0. The van der Waals surface area contributed by atoms with Gasteiger partial charge < -0.3 is 10.6 Å². The zero-order chi connectivity index (χ0) is 12.7. The highest BCUT2D eigenvalue weighted by Crippen LogP contribution is 2.36. The van der Waals surface area contributed by atoms with Crippen molar-refractivity contribution in [3.05, 3.63) is 29.3 Å². The third-order valence-corrected chi connectivity index (χ3v) is 4.58. The zero-order valence-electron chi connectivity index (χ0n) is 11.4. The maximum atomic E-state index is 5.81. The van der Waals surface area contributed by atoms with E-state index in [0.29, 0.717) is 12.0 Å². The SMILES string of the molecule is CN1CCc2cc(C3CC(CN)CN3C)ccc21. The average molecular weight is 245 g/mol. The first kappa shape index (κ1) is 12.0. The summed E-state index contributed by atoms with van der Waals surface area (Å²) in [4.78, 5) is 4.80. The van der Waals surface area contributed by atoms with Crippen LogP contribution >= 0.6 is 0 Å². The van der Waals surface area contributed by atoms with Crippen molar-refractivity contribution in [3.63, 3.8) is 0 Å². The molecule has 2 heterocycles. The summed E-state index contributed by atoms with van der Waals surface area (Å²) in [6.45, 7) is 3.11. The third kappa shape index (κ3) is 1.91. The third-order valence-electron chi connectivity index (χ3n) is 4.58. The molecule has 2 aliphatic rings. The lowest BCUT2D eigenvalue weighted by molar-refractivity contribution is 0.313. The fourth-order valence-electron chi connectivity index (χ4n) is 3.46. The van der Waals surface area contributed by atoms with Crippen LogP contribution in [0.2, 0.25) is 0 Å². The minimum absolute atomic E-state index is 0.565. The van der Waals surface area contributed by atoms with Gasteiger partial charge in [-0.15, -0.1) is 0 Å². The molecule has 0 spiro atoms. The molecule has 0 saturated carbocycles. The number of hydrogen-bond donors (Lipinski definition) is 1. The molecule has 3 rings (SSSR count). The van der Waals surface area contributed by atoms with Crippen LogP contribution in [-0.4, -0.2) is 38.6 Å². The second-order valence-electron chi connectivity index (χ2n) is 5.85. The molecule has 2 atom stereocenters. The second kappa shape index (κ2) is 4.56. The number of likely N-dealkylation sites (tertiary alicyclic amines) is 1. The predicted octanol–water partition coefficient (Wildman–Crippen LogP) is 1.63. The molecule has 0 aromatic heterocycles. The molecule has 3 heteroatoms. The minimum Gasteiger partial charge on any atom is -0.374 e. The number of likely N-dealkylation sites (N-methyl/N-ethyl adjacent to an activating group) is 1. The average Bonchev–Trinajstić information content (AvgIpc) is 2.93. The van der Waals surface area contributed by atoms with Crippen molar-refractivity contribution in [2.75, 3.05) is 38.6 Å². The molecule has 0 radical (unpaired) electrons. The molecule has 2 aliphatic heterocycles. The van der Waals surface area contributed by atoms with Gasteiger partial charge in [0.25, 0.3) is 0 Å². The van der Waals surface area contributed by atoms with Crippen LogP contribution in [0.4, 0.5) is 5.69 Å². The van der Waals surface area contributed by atoms with Crippen molar-refractivity contribution in [1.29, 1.82) is 0 Å². The standard InChI is InChI=1S/C15H23N3/c1-17-6-5-13-8-12(3-4-14(13)17)15-7-11(9-16)10-18(15)2/h3-4,8,11,15H,5-7,9-10,16H2,1-2H3. The van der Waals surface area contributed by atoms with E-state index >= 15 is 0 Å². The van der Waals surface area contributed by atoms with Crippen molar-refractivity contribution in [3.8, 4) is 0 Å². The van der Waals surface area contributed by atoms with E-state index in [2.05, 4.69) is 42.1 Å². The normalized spacial score (nSPS) is 27.8. The predicted molar refractivity (Wildman–Crippen MR) is 75.9 cm³/mol. The van der Waals surface area contributed by atoms with E-state index in [-0.39, 0.29) is 0 Å². The molecule has 1 aromatic carbocycles. The van der Waals surface area contributed by atoms with E-state index in [0.717, 1.165) is 19.6 Å². The largest absolute Gasteiger partial charge is 0.374 e. The van der Waals surface area contributed by atoms with Crippen molar-refractivity contribution >= 4 is 5.69 Å². The van der Waals surface area contributed by atoms with E-state index in [9.17, 15) is 0 Å². The van der Waals surface area contributed by atoms with Crippen molar-refractivity contribution in [2.24, 2.45) is 11.7 Å². The highest BCUT2D eigenvalue weighted by atomic mass is 15.2. The Morgan fingerprint density at radius 3 is 2.89 bits per heavy atom. The summed E-state index contributed by atoms with van der Waals surface area (Å²) in [5.74, 6) is 0.663. The van der Waals surface area contributed by atoms with Crippen LogP contribution in [0.1, 0.15) is 23.6 Å². The highest BCUT2D eigenvalue weighted by molar-refractivity contribution is 5.58. The van der Waals surface area contributed by atoms with Gasteiger partial charge in [-0.1, -0.05) is 12.1 Å². The molecule has 3 nitrogen and oxygen atoms in total. The van der Waals surface area contributed by atoms with E-state index < -0.39 is 0 Å². The molecule has 98 valence electrons. The molecular weight excluding hydrogens is 222 g/mol. The van der Waals surface area contributed by atoms with Crippen molar-refractivity contribution < 1.29 is 0 Å². The Hall–Kier alpha value is -1.06. The molecule has 2 N–H and O–H groups in total. The maximum Gasteiger partial charge on any atom is 0.0397 e. The van der Waals surface area contributed by atoms with Gasteiger partial charge in [0.2, 0.25) is 0 Å². The van der Waals surface area contributed by atoms with Gasteiger partial charge in [-0.3, -0.25) is 4.90 Å². The number of fused-ring (bicyclic) bond motifs is 1. The van der Waals surface area contributed by atoms with Crippen LogP contribution in [0.3, 0.4) is 0 Å². The lowest BCUT2D eigenvalue weighted by Gasteiger charge is -2.21. The smallest absolute Gasteiger partial charge is 0.0397 e. The quantitative estimate of drug-likeness (QED) is 0.859. The Labute approximate surface area is 110 Å². The number of nitrogens with two attached hydrogens (primary N) is 1. The molecule has 1 saturated heterocycles. The molecule has 0 bridgehead atoms. The first-order chi connectivity index (χ1) is 8.69. The minimum atomic E-state index is 0.565. The Morgan fingerprint density at radius 1 is 1.33 bits per heavy atom. The molecule has 1 aromatic rings. The van der Waals surface area contributed by atoms with E-state index in [4.69, 9.17) is 5.73 Å². The number of hydrogen-bond acceptors (Lipinski definition) is 3. The maximum absolute atomic E-state index is 5.81.